The Balaban J connectivity index is 0.000000461. The molecular weight excluding hydrogens is 140 g/mol. The number of allylic oxidation sites excluding steroid dienone is 3. The summed E-state index contributed by atoms with van der Waals surface area (Å²) < 4.78 is 9.74. The summed E-state index contributed by atoms with van der Waals surface area (Å²) in [5.74, 6) is 0.745. The summed E-state index contributed by atoms with van der Waals surface area (Å²) in [6.07, 6.45) is 6.84. The third-order valence-electron chi connectivity index (χ3n) is 0.890. The van der Waals surface area contributed by atoms with Crippen LogP contribution in [0.25, 0.3) is 0 Å². The lowest BCUT2D eigenvalue weighted by molar-refractivity contribution is 0.0844. The first-order chi connectivity index (χ1) is 5.43. The third-order valence-corrected chi connectivity index (χ3v) is 0.890. The zero-order valence-electron chi connectivity index (χ0n) is 7.04. The van der Waals surface area contributed by atoms with Crippen LogP contribution in [0.4, 0.5) is 0 Å². The normalized spacial score (nSPS) is 14.2. The lowest BCUT2D eigenvalue weighted by Crippen LogP contribution is -1.80. The van der Waals surface area contributed by atoms with Gasteiger partial charge in [-0.2, -0.15) is 0 Å². The molecule has 1 heterocycles. The van der Waals surface area contributed by atoms with Gasteiger partial charge < -0.3 is 9.47 Å². The highest BCUT2D eigenvalue weighted by molar-refractivity contribution is 5.15. The van der Waals surface area contributed by atoms with Gasteiger partial charge in [-0.05, 0) is 6.08 Å². The van der Waals surface area contributed by atoms with E-state index in [1.54, 1.807) is 24.5 Å². The SMILES string of the molecule is C=C/C=C\C1=COCO1.CC. The van der Waals surface area contributed by atoms with E-state index in [0.29, 0.717) is 6.79 Å². The Bertz CT molecular complexity index is 157. The molecule has 0 aromatic rings. The van der Waals surface area contributed by atoms with Crippen molar-refractivity contribution in [1.29, 1.82) is 0 Å². The fourth-order valence-electron chi connectivity index (χ4n) is 0.503. The Labute approximate surface area is 67.8 Å². The first kappa shape index (κ1) is 9.82. The lowest BCUT2D eigenvalue weighted by atomic mass is 10.4. The second kappa shape index (κ2) is 6.93. The highest BCUT2D eigenvalue weighted by Crippen LogP contribution is 2.06. The minimum absolute atomic E-state index is 0.330. The number of hydrogen-bond donors (Lipinski definition) is 0. The fourth-order valence-corrected chi connectivity index (χ4v) is 0.503. The Kier molecular flexibility index (Phi) is 6.19. The highest BCUT2D eigenvalue weighted by Gasteiger charge is 1.98. The van der Waals surface area contributed by atoms with Crippen LogP contribution in [0.3, 0.4) is 0 Å². The molecule has 0 aliphatic carbocycles. The maximum atomic E-state index is 4.96. The molecule has 1 aliphatic rings. The van der Waals surface area contributed by atoms with Crippen molar-refractivity contribution in [3.63, 3.8) is 0 Å². The van der Waals surface area contributed by atoms with Crippen molar-refractivity contribution in [2.75, 3.05) is 6.79 Å². The van der Waals surface area contributed by atoms with Gasteiger partial charge in [-0.25, -0.2) is 0 Å². The van der Waals surface area contributed by atoms with Crippen LogP contribution in [0.5, 0.6) is 0 Å². The van der Waals surface area contributed by atoms with Crippen LogP contribution in [0, 0.1) is 0 Å². The molecule has 0 aromatic heterocycles. The molecule has 62 valence electrons. The summed E-state index contributed by atoms with van der Waals surface area (Å²) in [7, 11) is 0. The van der Waals surface area contributed by atoms with Gasteiger partial charge in [-0.15, -0.1) is 0 Å². The average molecular weight is 154 g/mol. The maximum Gasteiger partial charge on any atom is 0.230 e. The first-order valence-electron chi connectivity index (χ1n) is 3.67. The first-order valence-corrected chi connectivity index (χ1v) is 3.67. The van der Waals surface area contributed by atoms with Gasteiger partial charge in [0.25, 0.3) is 0 Å². The van der Waals surface area contributed by atoms with Crippen LogP contribution in [0.1, 0.15) is 13.8 Å². The fraction of sp³-hybridized carbons (Fsp3) is 0.333. The van der Waals surface area contributed by atoms with Gasteiger partial charge in [0.1, 0.15) is 6.26 Å². The van der Waals surface area contributed by atoms with E-state index < -0.39 is 0 Å². The quantitative estimate of drug-likeness (QED) is 0.569. The molecule has 0 aromatic carbocycles. The number of hydrogen-bond acceptors (Lipinski definition) is 2. The van der Waals surface area contributed by atoms with Crippen molar-refractivity contribution in [3.05, 3.63) is 36.8 Å². The third kappa shape index (κ3) is 4.25. The Morgan fingerprint density at radius 3 is 2.73 bits per heavy atom. The van der Waals surface area contributed by atoms with Crippen LogP contribution in [-0.4, -0.2) is 6.79 Å². The molecule has 2 nitrogen and oxygen atoms in total. The van der Waals surface area contributed by atoms with Crippen molar-refractivity contribution in [1.82, 2.24) is 0 Å². The number of ether oxygens (including phenoxy) is 2. The predicted octanol–water partition coefficient (Wildman–Crippen LogP) is 2.60. The molecule has 0 radical (unpaired) electrons. The summed E-state index contributed by atoms with van der Waals surface area (Å²) >= 11 is 0. The van der Waals surface area contributed by atoms with Gasteiger partial charge >= 0.3 is 0 Å². The average Bonchev–Trinajstić information content (AvgIpc) is 2.57. The molecule has 2 heteroatoms. The molecule has 0 saturated carbocycles. The van der Waals surface area contributed by atoms with E-state index in [1.807, 2.05) is 13.8 Å². The topological polar surface area (TPSA) is 18.5 Å². The van der Waals surface area contributed by atoms with Gasteiger partial charge in [0.05, 0.1) is 0 Å². The van der Waals surface area contributed by atoms with Crippen molar-refractivity contribution >= 4 is 0 Å². The molecule has 11 heavy (non-hydrogen) atoms. The van der Waals surface area contributed by atoms with Gasteiger partial charge in [0.2, 0.25) is 6.79 Å². The van der Waals surface area contributed by atoms with Crippen LogP contribution in [0.2, 0.25) is 0 Å². The Hall–Kier alpha value is -1.18. The van der Waals surface area contributed by atoms with Crippen LogP contribution in [0.15, 0.2) is 36.8 Å². The van der Waals surface area contributed by atoms with Crippen molar-refractivity contribution in [3.8, 4) is 0 Å². The summed E-state index contributed by atoms with van der Waals surface area (Å²) in [6, 6.07) is 0. The van der Waals surface area contributed by atoms with Gasteiger partial charge in [-0.1, -0.05) is 32.6 Å². The molecule has 0 N–H and O–H groups in total. The second-order valence-electron chi connectivity index (χ2n) is 1.54. The Morgan fingerprint density at radius 2 is 2.27 bits per heavy atom. The smallest absolute Gasteiger partial charge is 0.230 e. The van der Waals surface area contributed by atoms with E-state index in [-0.39, 0.29) is 0 Å². The molecular formula is C9H14O2. The van der Waals surface area contributed by atoms with Crippen molar-refractivity contribution in [2.24, 2.45) is 0 Å². The van der Waals surface area contributed by atoms with Gasteiger partial charge in [0.15, 0.2) is 5.76 Å². The zero-order valence-corrected chi connectivity index (χ0v) is 7.04. The second-order valence-corrected chi connectivity index (χ2v) is 1.54. The van der Waals surface area contributed by atoms with E-state index in [4.69, 9.17) is 9.47 Å². The summed E-state index contributed by atoms with van der Waals surface area (Å²) in [5.41, 5.74) is 0. The van der Waals surface area contributed by atoms with Crippen LogP contribution >= 0.6 is 0 Å². The largest absolute Gasteiger partial charge is 0.461 e. The molecule has 0 spiro atoms. The maximum absolute atomic E-state index is 4.96. The molecule has 0 atom stereocenters. The van der Waals surface area contributed by atoms with Crippen LogP contribution in [-0.2, 0) is 9.47 Å². The lowest BCUT2D eigenvalue weighted by Gasteiger charge is -1.89. The zero-order chi connectivity index (χ0) is 8.53. The van der Waals surface area contributed by atoms with E-state index in [1.165, 1.54) is 0 Å². The molecule has 0 fully saturated rings. The van der Waals surface area contributed by atoms with E-state index >= 15 is 0 Å². The van der Waals surface area contributed by atoms with E-state index in [9.17, 15) is 0 Å². The summed E-state index contributed by atoms with van der Waals surface area (Å²) in [5, 5.41) is 0. The number of rotatable bonds is 2. The molecule has 0 amide bonds. The highest BCUT2D eigenvalue weighted by atomic mass is 16.7. The predicted molar refractivity (Wildman–Crippen MR) is 45.8 cm³/mol. The molecule has 0 bridgehead atoms. The molecule has 0 saturated heterocycles. The van der Waals surface area contributed by atoms with E-state index in [0.717, 1.165) is 5.76 Å². The molecule has 1 aliphatic heterocycles. The molecule has 0 unspecified atom stereocenters. The van der Waals surface area contributed by atoms with Gasteiger partial charge in [0, 0.05) is 0 Å². The van der Waals surface area contributed by atoms with Crippen molar-refractivity contribution in [2.45, 2.75) is 13.8 Å². The molecule has 1 rings (SSSR count). The minimum Gasteiger partial charge on any atom is -0.461 e. The summed E-state index contributed by atoms with van der Waals surface area (Å²) in [6.45, 7) is 7.84. The monoisotopic (exact) mass is 154 g/mol. The van der Waals surface area contributed by atoms with E-state index in [2.05, 4.69) is 6.58 Å². The standard InChI is InChI=1S/C7H8O2.C2H6/c1-2-3-4-7-5-8-6-9-7;1-2/h2-5H,1,6H2;1-2H3/b4-3-;. The van der Waals surface area contributed by atoms with Gasteiger partial charge in [-0.3, -0.25) is 0 Å². The van der Waals surface area contributed by atoms with Crippen molar-refractivity contribution < 1.29 is 9.47 Å². The Morgan fingerprint density at radius 1 is 1.55 bits per heavy atom. The van der Waals surface area contributed by atoms with Crippen LogP contribution < -0.4 is 0 Å². The minimum atomic E-state index is 0.330. The summed E-state index contributed by atoms with van der Waals surface area (Å²) in [4.78, 5) is 0.